The molecule has 1 aromatic rings. The minimum Gasteiger partial charge on any atom is -0.343 e. The predicted octanol–water partition coefficient (Wildman–Crippen LogP) is 3.09. The number of halogens is 3. The molecule has 1 aromatic heterocycles. The molecular formula is C11H13Cl3N2O. The van der Waals surface area contributed by atoms with E-state index in [1.807, 2.05) is 6.92 Å². The summed E-state index contributed by atoms with van der Waals surface area (Å²) in [6.45, 7) is 1.92. The van der Waals surface area contributed by atoms with Gasteiger partial charge in [0.2, 0.25) is 0 Å². The van der Waals surface area contributed by atoms with E-state index in [0.717, 1.165) is 0 Å². The molecule has 0 bridgehead atoms. The van der Waals surface area contributed by atoms with Crippen molar-refractivity contribution in [3.05, 3.63) is 29.0 Å². The Morgan fingerprint density at radius 1 is 1.41 bits per heavy atom. The van der Waals surface area contributed by atoms with E-state index < -0.39 is 5.54 Å². The van der Waals surface area contributed by atoms with Crippen LogP contribution in [0.15, 0.2) is 18.3 Å². The Morgan fingerprint density at radius 2 is 2.06 bits per heavy atom. The van der Waals surface area contributed by atoms with E-state index in [1.54, 1.807) is 12.1 Å². The first-order chi connectivity index (χ1) is 8.06. The Kier molecular flexibility index (Phi) is 5.50. The third kappa shape index (κ3) is 3.73. The molecule has 0 spiro atoms. The lowest BCUT2D eigenvalue weighted by atomic mass is 10.0. The van der Waals surface area contributed by atoms with Crippen molar-refractivity contribution in [3.63, 3.8) is 0 Å². The standard InChI is InChI=1S/C11H13Cl3N2O/c1-2-11(6-12,7-13)16-10(17)9-4-3-8(14)5-15-9/h3-5H,2,6-7H2,1H3,(H,16,17). The minimum absolute atomic E-state index is 0.256. The van der Waals surface area contributed by atoms with E-state index in [1.165, 1.54) is 6.20 Å². The fourth-order valence-electron chi connectivity index (χ4n) is 1.19. The zero-order valence-corrected chi connectivity index (χ0v) is 11.6. The van der Waals surface area contributed by atoms with Gasteiger partial charge in [-0.15, -0.1) is 23.2 Å². The molecule has 0 saturated carbocycles. The van der Waals surface area contributed by atoms with E-state index >= 15 is 0 Å². The first-order valence-electron chi connectivity index (χ1n) is 5.13. The summed E-state index contributed by atoms with van der Waals surface area (Å²) >= 11 is 17.4. The Bertz CT molecular complexity index is 369. The zero-order chi connectivity index (χ0) is 12.9. The average molecular weight is 296 g/mol. The normalized spacial score (nSPS) is 11.3. The van der Waals surface area contributed by atoms with Gasteiger partial charge in [-0.05, 0) is 18.6 Å². The maximum absolute atomic E-state index is 11.9. The van der Waals surface area contributed by atoms with Gasteiger partial charge < -0.3 is 5.32 Å². The number of nitrogens with zero attached hydrogens (tertiary/aromatic N) is 1. The van der Waals surface area contributed by atoms with Gasteiger partial charge >= 0.3 is 0 Å². The van der Waals surface area contributed by atoms with Crippen LogP contribution < -0.4 is 5.32 Å². The van der Waals surface area contributed by atoms with E-state index in [-0.39, 0.29) is 17.7 Å². The first kappa shape index (κ1) is 14.6. The largest absolute Gasteiger partial charge is 0.343 e. The number of aromatic nitrogens is 1. The van der Waals surface area contributed by atoms with Gasteiger partial charge in [-0.25, -0.2) is 4.98 Å². The van der Waals surface area contributed by atoms with Gasteiger partial charge in [0.1, 0.15) is 5.69 Å². The van der Waals surface area contributed by atoms with Gasteiger partial charge in [-0.1, -0.05) is 18.5 Å². The van der Waals surface area contributed by atoms with Crippen molar-refractivity contribution in [1.82, 2.24) is 10.3 Å². The summed E-state index contributed by atoms with van der Waals surface area (Å²) in [4.78, 5) is 15.8. The third-order valence-corrected chi connectivity index (χ3v) is 3.77. The smallest absolute Gasteiger partial charge is 0.270 e. The van der Waals surface area contributed by atoms with Crippen LogP contribution >= 0.6 is 34.8 Å². The molecule has 0 unspecified atom stereocenters. The lowest BCUT2D eigenvalue weighted by Gasteiger charge is -2.29. The number of alkyl halides is 2. The molecule has 0 aromatic carbocycles. The molecule has 1 amide bonds. The zero-order valence-electron chi connectivity index (χ0n) is 9.34. The van der Waals surface area contributed by atoms with Crippen LogP contribution in [0.5, 0.6) is 0 Å². The van der Waals surface area contributed by atoms with E-state index in [0.29, 0.717) is 17.1 Å². The summed E-state index contributed by atoms with van der Waals surface area (Å²) in [6.07, 6.45) is 2.07. The van der Waals surface area contributed by atoms with E-state index in [4.69, 9.17) is 34.8 Å². The second-order valence-corrected chi connectivity index (χ2v) is 4.69. The van der Waals surface area contributed by atoms with Crippen LogP contribution in [0, 0.1) is 0 Å². The van der Waals surface area contributed by atoms with Gasteiger partial charge in [-0.3, -0.25) is 4.79 Å². The quantitative estimate of drug-likeness (QED) is 0.848. The highest BCUT2D eigenvalue weighted by Gasteiger charge is 2.28. The van der Waals surface area contributed by atoms with Gasteiger partial charge in [0.05, 0.1) is 10.6 Å². The van der Waals surface area contributed by atoms with Crippen molar-refractivity contribution < 1.29 is 4.79 Å². The maximum atomic E-state index is 11.9. The number of amides is 1. The Balaban J connectivity index is 2.81. The van der Waals surface area contributed by atoms with Crippen LogP contribution in [-0.4, -0.2) is 28.2 Å². The summed E-state index contributed by atoms with van der Waals surface area (Å²) in [6, 6.07) is 3.17. The molecule has 1 heterocycles. The number of carbonyl (C=O) groups excluding carboxylic acids is 1. The molecule has 17 heavy (non-hydrogen) atoms. The van der Waals surface area contributed by atoms with Crippen molar-refractivity contribution in [2.75, 3.05) is 11.8 Å². The second kappa shape index (κ2) is 6.43. The first-order valence-corrected chi connectivity index (χ1v) is 6.57. The molecule has 0 aliphatic carbocycles. The highest BCUT2D eigenvalue weighted by molar-refractivity contribution is 6.30. The van der Waals surface area contributed by atoms with E-state index in [9.17, 15) is 4.79 Å². The molecule has 0 radical (unpaired) electrons. The lowest BCUT2D eigenvalue weighted by molar-refractivity contribution is 0.0908. The van der Waals surface area contributed by atoms with Gasteiger partial charge in [0.15, 0.2) is 0 Å². The van der Waals surface area contributed by atoms with Crippen molar-refractivity contribution in [1.29, 1.82) is 0 Å². The SMILES string of the molecule is CCC(CCl)(CCl)NC(=O)c1ccc(Cl)cn1. The van der Waals surface area contributed by atoms with E-state index in [2.05, 4.69) is 10.3 Å². The van der Waals surface area contributed by atoms with Crippen LogP contribution in [0.25, 0.3) is 0 Å². The Morgan fingerprint density at radius 3 is 2.47 bits per heavy atom. The van der Waals surface area contributed by atoms with Crippen LogP contribution in [-0.2, 0) is 0 Å². The number of nitrogens with one attached hydrogen (secondary N) is 1. The summed E-state index contributed by atoms with van der Waals surface area (Å²) < 4.78 is 0. The summed E-state index contributed by atoms with van der Waals surface area (Å²) in [5.41, 5.74) is -0.302. The molecule has 0 atom stereocenters. The fourth-order valence-corrected chi connectivity index (χ4v) is 2.10. The van der Waals surface area contributed by atoms with Crippen molar-refractivity contribution in [2.45, 2.75) is 18.9 Å². The summed E-state index contributed by atoms with van der Waals surface area (Å²) in [7, 11) is 0. The molecule has 0 aliphatic rings. The summed E-state index contributed by atoms with van der Waals surface area (Å²) in [5.74, 6) is 0.211. The maximum Gasteiger partial charge on any atom is 0.270 e. The van der Waals surface area contributed by atoms with Crippen LogP contribution in [0.1, 0.15) is 23.8 Å². The number of hydrogen-bond acceptors (Lipinski definition) is 2. The molecule has 3 nitrogen and oxygen atoms in total. The highest BCUT2D eigenvalue weighted by Crippen LogP contribution is 2.16. The molecule has 0 fully saturated rings. The van der Waals surface area contributed by atoms with Gasteiger partial charge in [-0.2, -0.15) is 0 Å². The number of hydrogen-bond donors (Lipinski definition) is 1. The van der Waals surface area contributed by atoms with Gasteiger partial charge in [0, 0.05) is 18.0 Å². The highest BCUT2D eigenvalue weighted by atomic mass is 35.5. The van der Waals surface area contributed by atoms with Crippen molar-refractivity contribution in [3.8, 4) is 0 Å². The number of carbonyl (C=O) groups is 1. The predicted molar refractivity (Wildman–Crippen MR) is 71.2 cm³/mol. The van der Waals surface area contributed by atoms with Crippen molar-refractivity contribution in [2.24, 2.45) is 0 Å². The molecule has 94 valence electrons. The molecule has 1 N–H and O–H groups in total. The minimum atomic E-state index is -0.596. The number of pyridine rings is 1. The second-order valence-electron chi connectivity index (χ2n) is 3.72. The summed E-state index contributed by atoms with van der Waals surface area (Å²) in [5, 5.41) is 3.29. The molecular weight excluding hydrogens is 282 g/mol. The van der Waals surface area contributed by atoms with Crippen LogP contribution in [0.2, 0.25) is 5.02 Å². The topological polar surface area (TPSA) is 42.0 Å². The Labute approximate surface area is 115 Å². The molecule has 0 saturated heterocycles. The average Bonchev–Trinajstić information content (AvgIpc) is 2.37. The van der Waals surface area contributed by atoms with Crippen molar-refractivity contribution >= 4 is 40.7 Å². The third-order valence-electron chi connectivity index (χ3n) is 2.53. The monoisotopic (exact) mass is 294 g/mol. The molecule has 1 rings (SSSR count). The number of rotatable bonds is 5. The van der Waals surface area contributed by atoms with Crippen LogP contribution in [0.3, 0.4) is 0 Å². The molecule has 6 heteroatoms. The van der Waals surface area contributed by atoms with Crippen LogP contribution in [0.4, 0.5) is 0 Å². The van der Waals surface area contributed by atoms with Gasteiger partial charge in [0.25, 0.3) is 5.91 Å². The fraction of sp³-hybridized carbons (Fsp3) is 0.455. The molecule has 0 aliphatic heterocycles. The lowest BCUT2D eigenvalue weighted by Crippen LogP contribution is -2.51. The Hall–Kier alpha value is -0.510.